The minimum absolute atomic E-state index is 0.222. The van der Waals surface area contributed by atoms with Crippen molar-refractivity contribution in [2.45, 2.75) is 58.6 Å². The van der Waals surface area contributed by atoms with Crippen LogP contribution in [0.15, 0.2) is 24.3 Å². The second kappa shape index (κ2) is 9.51. The molecule has 30 heavy (non-hydrogen) atoms. The number of rotatable bonds is 9. The van der Waals surface area contributed by atoms with Gasteiger partial charge in [-0.1, -0.05) is 31.9 Å². The number of benzene rings is 1. The third-order valence-corrected chi connectivity index (χ3v) is 4.90. The van der Waals surface area contributed by atoms with Crippen LogP contribution in [0.5, 0.6) is 0 Å². The Balaban J connectivity index is 1.96. The number of hydrogen-bond acceptors (Lipinski definition) is 6. The zero-order valence-electron chi connectivity index (χ0n) is 17.6. The number of unbranched alkanes of at least 4 members (excludes halogenated alkanes) is 1. The number of esters is 1. The average molecular weight is 417 g/mol. The number of carbonyl (C=O) groups excluding carboxylic acids is 5. The monoisotopic (exact) mass is 417 g/mol. The van der Waals surface area contributed by atoms with E-state index in [-0.39, 0.29) is 5.78 Å². The second-order valence-electron chi connectivity index (χ2n) is 7.48. The third-order valence-electron chi connectivity index (χ3n) is 4.90. The number of carbonyl (C=O) groups is 5. The Bertz CT molecular complexity index is 868. The Morgan fingerprint density at radius 2 is 1.90 bits per heavy atom. The molecule has 1 aromatic rings. The van der Waals surface area contributed by atoms with Crippen molar-refractivity contribution in [2.75, 3.05) is 11.9 Å². The first kappa shape index (κ1) is 23.1. The number of anilines is 1. The molecule has 1 fully saturated rings. The molecule has 1 aliphatic heterocycles. The highest BCUT2D eigenvalue weighted by atomic mass is 16.5. The Hall–Kier alpha value is -3.23. The fraction of sp³-hybridized carbons (Fsp3) is 0.476. The molecule has 2 N–H and O–H groups in total. The van der Waals surface area contributed by atoms with E-state index in [0.29, 0.717) is 17.7 Å². The summed E-state index contributed by atoms with van der Waals surface area (Å²) in [5.74, 6) is -2.24. The molecule has 1 saturated heterocycles. The van der Waals surface area contributed by atoms with E-state index in [2.05, 4.69) is 10.6 Å². The third kappa shape index (κ3) is 5.22. The molecular weight excluding hydrogens is 390 g/mol. The zero-order chi connectivity index (χ0) is 22.5. The van der Waals surface area contributed by atoms with Crippen molar-refractivity contribution >= 4 is 35.3 Å². The number of nitrogens with zero attached hydrogens (tertiary/aromatic N) is 1. The normalized spacial score (nSPS) is 19.3. The number of para-hydroxylation sites is 1. The molecule has 2 atom stereocenters. The van der Waals surface area contributed by atoms with Crippen LogP contribution in [-0.2, 0) is 19.1 Å². The van der Waals surface area contributed by atoms with Gasteiger partial charge in [0.05, 0.1) is 5.69 Å². The molecule has 0 aromatic heterocycles. The second-order valence-corrected chi connectivity index (χ2v) is 7.48. The van der Waals surface area contributed by atoms with E-state index < -0.39 is 42.0 Å². The summed E-state index contributed by atoms with van der Waals surface area (Å²) in [6.45, 7) is 5.74. The summed E-state index contributed by atoms with van der Waals surface area (Å²) >= 11 is 0. The predicted octanol–water partition coefficient (Wildman–Crippen LogP) is 2.26. The van der Waals surface area contributed by atoms with Gasteiger partial charge in [0.15, 0.2) is 11.9 Å². The van der Waals surface area contributed by atoms with Gasteiger partial charge in [-0.3, -0.25) is 24.1 Å². The fourth-order valence-electron chi connectivity index (χ4n) is 3.14. The molecule has 0 spiro atoms. The number of nitrogens with one attached hydrogen (secondary N) is 2. The molecule has 0 unspecified atom stereocenters. The molecule has 1 heterocycles. The maximum atomic E-state index is 12.6. The first-order valence-corrected chi connectivity index (χ1v) is 9.83. The number of ether oxygens (including phenoxy) is 1. The van der Waals surface area contributed by atoms with Crippen LogP contribution in [0.3, 0.4) is 0 Å². The van der Waals surface area contributed by atoms with Crippen molar-refractivity contribution in [1.29, 1.82) is 0 Å². The van der Waals surface area contributed by atoms with Crippen molar-refractivity contribution < 1.29 is 28.7 Å². The molecule has 1 aliphatic rings. The fourth-order valence-corrected chi connectivity index (χ4v) is 3.14. The van der Waals surface area contributed by atoms with Gasteiger partial charge in [-0.2, -0.15) is 0 Å². The van der Waals surface area contributed by atoms with Crippen molar-refractivity contribution in [3.05, 3.63) is 29.8 Å². The summed E-state index contributed by atoms with van der Waals surface area (Å²) in [6.07, 6.45) is 0.887. The lowest BCUT2D eigenvalue weighted by Crippen LogP contribution is -2.44. The predicted molar refractivity (Wildman–Crippen MR) is 109 cm³/mol. The molecule has 0 bridgehead atoms. The first-order valence-electron chi connectivity index (χ1n) is 9.83. The van der Waals surface area contributed by atoms with Crippen molar-refractivity contribution in [1.82, 2.24) is 10.2 Å². The minimum atomic E-state index is -1.19. The SMILES string of the molecule is CCCC[C@@]1(C)NC(=O)N(CC(=O)O[C@@H](C)C(=O)Nc2ccccc2C(C)=O)C1=O. The van der Waals surface area contributed by atoms with E-state index in [9.17, 15) is 24.0 Å². The molecule has 0 radical (unpaired) electrons. The van der Waals surface area contributed by atoms with Crippen LogP contribution in [0.2, 0.25) is 0 Å². The van der Waals surface area contributed by atoms with Gasteiger partial charge in [0.2, 0.25) is 0 Å². The molecule has 0 saturated carbocycles. The van der Waals surface area contributed by atoms with Gasteiger partial charge in [0.1, 0.15) is 12.1 Å². The van der Waals surface area contributed by atoms with Crippen LogP contribution in [0.1, 0.15) is 57.3 Å². The summed E-state index contributed by atoms with van der Waals surface area (Å²) in [5.41, 5.74) is -0.416. The van der Waals surface area contributed by atoms with Gasteiger partial charge >= 0.3 is 12.0 Å². The van der Waals surface area contributed by atoms with E-state index in [1.165, 1.54) is 13.8 Å². The van der Waals surface area contributed by atoms with Gasteiger partial charge in [-0.25, -0.2) is 4.79 Å². The lowest BCUT2D eigenvalue weighted by atomic mass is 9.95. The Labute approximate surface area is 175 Å². The van der Waals surface area contributed by atoms with E-state index in [1.54, 1.807) is 31.2 Å². The van der Waals surface area contributed by atoms with Crippen molar-refractivity contribution in [3.8, 4) is 0 Å². The van der Waals surface area contributed by atoms with Gasteiger partial charge in [0.25, 0.3) is 11.8 Å². The molecule has 1 aromatic carbocycles. The number of ketones is 1. The maximum Gasteiger partial charge on any atom is 0.327 e. The highest BCUT2D eigenvalue weighted by Crippen LogP contribution is 2.23. The largest absolute Gasteiger partial charge is 0.451 e. The quantitative estimate of drug-likeness (QED) is 0.361. The molecule has 9 heteroatoms. The first-order chi connectivity index (χ1) is 14.1. The van der Waals surface area contributed by atoms with Crippen LogP contribution < -0.4 is 10.6 Å². The van der Waals surface area contributed by atoms with Crippen LogP contribution in [-0.4, -0.2) is 52.7 Å². The molecule has 9 nitrogen and oxygen atoms in total. The van der Waals surface area contributed by atoms with Gasteiger partial charge < -0.3 is 15.4 Å². The highest BCUT2D eigenvalue weighted by molar-refractivity contribution is 6.08. The van der Waals surface area contributed by atoms with E-state index in [1.807, 2.05) is 6.92 Å². The summed E-state index contributed by atoms with van der Waals surface area (Å²) in [6, 6.07) is 5.80. The van der Waals surface area contributed by atoms with Crippen molar-refractivity contribution in [2.24, 2.45) is 0 Å². The smallest absolute Gasteiger partial charge is 0.327 e. The Kier molecular flexibility index (Phi) is 7.31. The molecular formula is C21H27N3O6. The Morgan fingerprint density at radius 3 is 2.53 bits per heavy atom. The standard InChI is InChI=1S/C21H27N3O6/c1-5-6-11-21(4)19(28)24(20(29)23-21)12-17(26)30-14(3)18(27)22-16-10-8-7-9-15(16)13(2)25/h7-10,14H,5-6,11-12H2,1-4H3,(H,22,27)(H,23,29)/t14-,21+/m0/s1. The molecule has 162 valence electrons. The van der Waals surface area contributed by atoms with E-state index in [0.717, 1.165) is 17.7 Å². The number of amides is 4. The lowest BCUT2D eigenvalue weighted by molar-refractivity contribution is -0.155. The lowest BCUT2D eigenvalue weighted by Gasteiger charge is -2.21. The molecule has 2 rings (SSSR count). The zero-order valence-corrected chi connectivity index (χ0v) is 17.6. The van der Waals surface area contributed by atoms with E-state index in [4.69, 9.17) is 4.74 Å². The summed E-state index contributed by atoms with van der Waals surface area (Å²) in [4.78, 5) is 61.7. The van der Waals surface area contributed by atoms with Crippen LogP contribution in [0.4, 0.5) is 10.5 Å². The molecule has 0 aliphatic carbocycles. The summed E-state index contributed by atoms with van der Waals surface area (Å²) < 4.78 is 5.08. The minimum Gasteiger partial charge on any atom is -0.451 e. The van der Waals surface area contributed by atoms with Crippen LogP contribution in [0, 0.1) is 0 Å². The van der Waals surface area contributed by atoms with Crippen LogP contribution >= 0.6 is 0 Å². The topological polar surface area (TPSA) is 122 Å². The number of hydrogen-bond donors (Lipinski definition) is 2. The summed E-state index contributed by atoms with van der Waals surface area (Å²) in [7, 11) is 0. The highest BCUT2D eigenvalue weighted by Gasteiger charge is 2.48. The van der Waals surface area contributed by atoms with Gasteiger partial charge in [-0.15, -0.1) is 0 Å². The van der Waals surface area contributed by atoms with E-state index >= 15 is 0 Å². The average Bonchev–Trinajstić information content (AvgIpc) is 2.89. The number of urea groups is 1. The van der Waals surface area contributed by atoms with Gasteiger partial charge in [0, 0.05) is 5.56 Å². The number of imide groups is 1. The number of Topliss-reactive ketones (excluding diaryl/α,β-unsaturated/α-hetero) is 1. The maximum absolute atomic E-state index is 12.6. The van der Waals surface area contributed by atoms with Gasteiger partial charge in [-0.05, 0) is 39.3 Å². The Morgan fingerprint density at radius 1 is 1.23 bits per heavy atom. The van der Waals surface area contributed by atoms with Crippen LogP contribution in [0.25, 0.3) is 0 Å². The molecule has 4 amide bonds. The summed E-state index contributed by atoms with van der Waals surface area (Å²) in [5, 5.41) is 5.16. The van der Waals surface area contributed by atoms with Crippen molar-refractivity contribution in [3.63, 3.8) is 0 Å².